The third-order valence-electron chi connectivity index (χ3n) is 3.11. The largest absolute Gasteiger partial charge is 0.486 e. The van der Waals surface area contributed by atoms with Crippen LogP contribution in [0.25, 0.3) is 0 Å². The summed E-state index contributed by atoms with van der Waals surface area (Å²) in [6.07, 6.45) is 1.65. The molecule has 1 aromatic rings. The van der Waals surface area contributed by atoms with Crippen molar-refractivity contribution in [2.24, 2.45) is 0 Å². The maximum Gasteiger partial charge on any atom is 0.167 e. The lowest BCUT2D eigenvalue weighted by Gasteiger charge is -2.24. The van der Waals surface area contributed by atoms with Crippen LogP contribution in [0.1, 0.15) is 24.0 Å². The Labute approximate surface area is 88.6 Å². The molecule has 1 fully saturated rings. The van der Waals surface area contributed by atoms with Crippen LogP contribution in [-0.2, 0) is 5.60 Å². The zero-order chi connectivity index (χ0) is 10.5. The summed E-state index contributed by atoms with van der Waals surface area (Å²) < 4.78 is 11.2. The van der Waals surface area contributed by atoms with Gasteiger partial charge in [0.05, 0.1) is 5.60 Å². The third kappa shape index (κ3) is 1.30. The summed E-state index contributed by atoms with van der Waals surface area (Å²) in [5, 5.41) is 10.1. The van der Waals surface area contributed by atoms with Gasteiger partial charge in [0, 0.05) is 5.56 Å². The summed E-state index contributed by atoms with van der Waals surface area (Å²) in [4.78, 5) is 0. The van der Waals surface area contributed by atoms with Gasteiger partial charge in [-0.05, 0) is 25.3 Å². The molecule has 0 bridgehead atoms. The molecule has 1 saturated carbocycles. The fourth-order valence-corrected chi connectivity index (χ4v) is 2.03. The Balaban J connectivity index is 2.15. The second-order valence-electron chi connectivity index (χ2n) is 4.32. The highest BCUT2D eigenvalue weighted by Gasteiger charge is 2.45. The van der Waals surface area contributed by atoms with Crippen LogP contribution in [0.3, 0.4) is 0 Å². The Bertz CT molecular complexity index is 408. The fraction of sp³-hybridized carbons (Fsp3) is 0.500. The number of benzene rings is 1. The molecule has 0 atom stereocenters. The second-order valence-corrected chi connectivity index (χ2v) is 4.32. The summed E-state index contributed by atoms with van der Waals surface area (Å²) >= 11 is 0. The molecule has 15 heavy (non-hydrogen) atoms. The zero-order valence-corrected chi connectivity index (χ0v) is 8.75. The van der Waals surface area contributed by atoms with Gasteiger partial charge < -0.3 is 14.6 Å². The first kappa shape index (κ1) is 9.04. The van der Waals surface area contributed by atoms with Gasteiger partial charge in [0.2, 0.25) is 0 Å². The number of fused-ring (bicyclic) bond motifs is 1. The third-order valence-corrected chi connectivity index (χ3v) is 3.11. The van der Waals surface area contributed by atoms with Gasteiger partial charge in [0.25, 0.3) is 0 Å². The van der Waals surface area contributed by atoms with E-state index in [2.05, 4.69) is 0 Å². The Kier molecular flexibility index (Phi) is 1.74. The molecule has 0 spiro atoms. The molecule has 0 radical (unpaired) electrons. The summed E-state index contributed by atoms with van der Waals surface area (Å²) in [5.74, 6) is 1.56. The van der Waals surface area contributed by atoms with E-state index in [1.807, 2.05) is 19.1 Å². The summed E-state index contributed by atoms with van der Waals surface area (Å²) in [6.45, 7) is 3.16. The molecule has 0 aromatic heterocycles. The van der Waals surface area contributed by atoms with E-state index in [9.17, 15) is 5.11 Å². The van der Waals surface area contributed by atoms with Crippen LogP contribution in [0, 0.1) is 6.92 Å². The highest BCUT2D eigenvalue weighted by Crippen LogP contribution is 2.52. The van der Waals surface area contributed by atoms with Crippen molar-refractivity contribution in [3.63, 3.8) is 0 Å². The molecule has 1 N–H and O–H groups in total. The van der Waals surface area contributed by atoms with Crippen molar-refractivity contribution in [2.45, 2.75) is 25.4 Å². The lowest BCUT2D eigenvalue weighted by molar-refractivity contribution is 0.130. The van der Waals surface area contributed by atoms with Gasteiger partial charge in [0.15, 0.2) is 11.5 Å². The van der Waals surface area contributed by atoms with Crippen LogP contribution in [0.5, 0.6) is 11.5 Å². The van der Waals surface area contributed by atoms with Crippen LogP contribution in [-0.4, -0.2) is 18.3 Å². The van der Waals surface area contributed by atoms with Crippen LogP contribution in [0.4, 0.5) is 0 Å². The van der Waals surface area contributed by atoms with Gasteiger partial charge in [-0.15, -0.1) is 0 Å². The van der Waals surface area contributed by atoms with Gasteiger partial charge in [0.1, 0.15) is 13.2 Å². The zero-order valence-electron chi connectivity index (χ0n) is 8.75. The van der Waals surface area contributed by atoms with Gasteiger partial charge in [-0.25, -0.2) is 0 Å². The van der Waals surface area contributed by atoms with Gasteiger partial charge in [-0.3, -0.25) is 0 Å². The van der Waals surface area contributed by atoms with Crippen molar-refractivity contribution in [1.82, 2.24) is 0 Å². The second kappa shape index (κ2) is 2.89. The van der Waals surface area contributed by atoms with E-state index in [0.717, 1.165) is 35.5 Å². The van der Waals surface area contributed by atoms with E-state index >= 15 is 0 Å². The SMILES string of the molecule is Cc1ccc(C2(O)CC2)c2c1OCCO2. The van der Waals surface area contributed by atoms with Gasteiger partial charge in [-0.2, -0.15) is 0 Å². The predicted octanol–water partition coefficient (Wildman–Crippen LogP) is 1.75. The topological polar surface area (TPSA) is 38.7 Å². The Morgan fingerprint density at radius 3 is 2.47 bits per heavy atom. The van der Waals surface area contributed by atoms with Gasteiger partial charge >= 0.3 is 0 Å². The van der Waals surface area contributed by atoms with Crippen molar-refractivity contribution < 1.29 is 14.6 Å². The summed E-state index contributed by atoms with van der Waals surface area (Å²) in [6, 6.07) is 3.94. The van der Waals surface area contributed by atoms with E-state index in [0.29, 0.717) is 13.2 Å². The molecule has 2 aliphatic rings. The molecule has 1 heterocycles. The monoisotopic (exact) mass is 206 g/mol. The lowest BCUT2D eigenvalue weighted by atomic mass is 10.0. The highest BCUT2D eigenvalue weighted by molar-refractivity contribution is 5.55. The number of ether oxygens (including phenoxy) is 2. The first-order valence-corrected chi connectivity index (χ1v) is 5.33. The van der Waals surface area contributed by atoms with E-state index < -0.39 is 5.60 Å². The lowest BCUT2D eigenvalue weighted by Crippen LogP contribution is -2.19. The van der Waals surface area contributed by atoms with Crippen LogP contribution >= 0.6 is 0 Å². The number of hydrogen-bond donors (Lipinski definition) is 1. The van der Waals surface area contributed by atoms with E-state index in [-0.39, 0.29) is 0 Å². The average molecular weight is 206 g/mol. The minimum atomic E-state index is -0.654. The quantitative estimate of drug-likeness (QED) is 0.760. The number of hydrogen-bond acceptors (Lipinski definition) is 3. The standard InChI is InChI=1S/C12H14O3/c1-8-2-3-9(12(13)4-5-12)11-10(8)14-6-7-15-11/h2-3,13H,4-7H2,1H3. The Morgan fingerprint density at radius 2 is 1.80 bits per heavy atom. The molecule has 0 saturated heterocycles. The molecular formula is C12H14O3. The Hall–Kier alpha value is -1.22. The van der Waals surface area contributed by atoms with Crippen LogP contribution in [0.15, 0.2) is 12.1 Å². The molecule has 1 aromatic carbocycles. The van der Waals surface area contributed by atoms with Crippen molar-refractivity contribution in [3.8, 4) is 11.5 Å². The summed E-state index contributed by atoms with van der Waals surface area (Å²) in [7, 11) is 0. The maximum absolute atomic E-state index is 10.1. The van der Waals surface area contributed by atoms with Crippen molar-refractivity contribution >= 4 is 0 Å². The Morgan fingerprint density at radius 1 is 1.13 bits per heavy atom. The fourth-order valence-electron chi connectivity index (χ4n) is 2.03. The van der Waals surface area contributed by atoms with Crippen LogP contribution < -0.4 is 9.47 Å². The van der Waals surface area contributed by atoms with E-state index in [1.165, 1.54) is 0 Å². The molecule has 3 heteroatoms. The van der Waals surface area contributed by atoms with Crippen molar-refractivity contribution in [3.05, 3.63) is 23.3 Å². The molecule has 0 unspecified atom stereocenters. The highest BCUT2D eigenvalue weighted by atomic mass is 16.6. The number of aryl methyl sites for hydroxylation is 1. The first-order chi connectivity index (χ1) is 7.21. The predicted molar refractivity (Wildman–Crippen MR) is 55.3 cm³/mol. The minimum absolute atomic E-state index is 0.569. The minimum Gasteiger partial charge on any atom is -0.486 e. The number of rotatable bonds is 1. The maximum atomic E-state index is 10.1. The van der Waals surface area contributed by atoms with Crippen LogP contribution in [0.2, 0.25) is 0 Å². The molecule has 80 valence electrons. The molecule has 1 aliphatic heterocycles. The summed E-state index contributed by atoms with van der Waals surface area (Å²) in [5.41, 5.74) is 1.30. The van der Waals surface area contributed by atoms with Crippen molar-refractivity contribution in [1.29, 1.82) is 0 Å². The molecular weight excluding hydrogens is 192 g/mol. The number of aliphatic hydroxyl groups is 1. The normalized spacial score (nSPS) is 21.2. The smallest absolute Gasteiger partial charge is 0.167 e. The average Bonchev–Trinajstić information content (AvgIpc) is 2.98. The first-order valence-electron chi connectivity index (χ1n) is 5.33. The molecule has 0 amide bonds. The van der Waals surface area contributed by atoms with E-state index in [1.54, 1.807) is 0 Å². The van der Waals surface area contributed by atoms with Gasteiger partial charge in [-0.1, -0.05) is 12.1 Å². The molecule has 3 rings (SSSR count). The van der Waals surface area contributed by atoms with Crippen molar-refractivity contribution in [2.75, 3.05) is 13.2 Å². The molecule has 1 aliphatic carbocycles. The molecule has 3 nitrogen and oxygen atoms in total. The van der Waals surface area contributed by atoms with E-state index in [4.69, 9.17) is 9.47 Å².